The van der Waals surface area contributed by atoms with Gasteiger partial charge in [-0.25, -0.2) is 0 Å². The lowest BCUT2D eigenvalue weighted by Gasteiger charge is -2.11. The van der Waals surface area contributed by atoms with Crippen molar-refractivity contribution in [3.05, 3.63) is 0 Å². The molecule has 0 spiro atoms. The van der Waals surface area contributed by atoms with Gasteiger partial charge in [-0.05, 0) is 50.5 Å². The highest BCUT2D eigenvalue weighted by atomic mass is 16.4. The van der Waals surface area contributed by atoms with Gasteiger partial charge in [0.25, 0.3) is 0 Å². The number of carboxylic acids is 6. The fraction of sp³-hybridized carbons (Fsp3) is 0.778. The molecule has 45 heavy (non-hydrogen) atoms. The summed E-state index contributed by atoms with van der Waals surface area (Å²) in [6.45, 7) is 13.2. The van der Waals surface area contributed by atoms with Gasteiger partial charge in [0, 0.05) is 0 Å². The van der Waals surface area contributed by atoms with Gasteiger partial charge < -0.3 is 64.6 Å². The molecule has 1 aliphatic rings. The molecule has 0 aliphatic carbocycles. The van der Waals surface area contributed by atoms with Gasteiger partial charge in [0.2, 0.25) is 0 Å². The zero-order valence-electron chi connectivity index (χ0n) is 27.4. The predicted molar refractivity (Wildman–Crippen MR) is 167 cm³/mol. The third-order valence-electron chi connectivity index (χ3n) is 5.51. The van der Waals surface area contributed by atoms with E-state index in [-0.39, 0.29) is 24.4 Å². The van der Waals surface area contributed by atoms with E-state index in [0.717, 1.165) is 25.8 Å². The van der Waals surface area contributed by atoms with E-state index in [1.807, 2.05) is 27.7 Å². The van der Waals surface area contributed by atoms with Crippen LogP contribution >= 0.6 is 0 Å². The van der Waals surface area contributed by atoms with Crippen molar-refractivity contribution in [1.29, 1.82) is 0 Å². The second-order valence-electron chi connectivity index (χ2n) is 10.6. The summed E-state index contributed by atoms with van der Waals surface area (Å²) < 4.78 is 0. The molecule has 0 amide bonds. The maximum Gasteiger partial charge on any atom is 0.320 e. The Labute approximate surface area is 264 Å². The van der Waals surface area contributed by atoms with E-state index in [1.54, 1.807) is 13.8 Å². The number of carboxylic acid groups (broad SMARTS) is 6. The lowest BCUT2D eigenvalue weighted by atomic mass is 10.0. The van der Waals surface area contributed by atoms with Crippen LogP contribution in [0.1, 0.15) is 74.1 Å². The van der Waals surface area contributed by atoms with E-state index >= 15 is 0 Å². The molecule has 0 aromatic heterocycles. The van der Waals surface area contributed by atoms with Crippen molar-refractivity contribution in [2.75, 3.05) is 13.1 Å². The van der Waals surface area contributed by atoms with Crippen molar-refractivity contribution in [3.8, 4) is 0 Å². The Kier molecular flexibility index (Phi) is 34.8. The van der Waals surface area contributed by atoms with Crippen LogP contribution in [0.15, 0.2) is 0 Å². The zero-order chi connectivity index (χ0) is 37.0. The minimum atomic E-state index is -0.968. The fourth-order valence-corrected chi connectivity index (χ4v) is 2.29. The smallest absolute Gasteiger partial charge is 0.320 e. The minimum Gasteiger partial charge on any atom is -0.480 e. The quantitative estimate of drug-likeness (QED) is 0.129. The second-order valence-corrected chi connectivity index (χ2v) is 10.6. The van der Waals surface area contributed by atoms with Gasteiger partial charge >= 0.3 is 35.8 Å². The van der Waals surface area contributed by atoms with Crippen LogP contribution in [0.2, 0.25) is 0 Å². The Morgan fingerprint density at radius 1 is 0.733 bits per heavy atom. The fourth-order valence-electron chi connectivity index (χ4n) is 2.29. The molecule has 17 N–H and O–H groups in total. The van der Waals surface area contributed by atoms with Gasteiger partial charge in [0.05, 0.1) is 6.54 Å². The van der Waals surface area contributed by atoms with Crippen LogP contribution in [0.5, 0.6) is 0 Å². The predicted octanol–water partition coefficient (Wildman–Crippen LogP) is -0.786. The van der Waals surface area contributed by atoms with Gasteiger partial charge in [-0.2, -0.15) is 0 Å². The van der Waals surface area contributed by atoms with Crippen LogP contribution in [0.3, 0.4) is 0 Å². The third-order valence-corrected chi connectivity index (χ3v) is 5.51. The van der Waals surface area contributed by atoms with E-state index in [9.17, 15) is 28.8 Å². The van der Waals surface area contributed by atoms with E-state index < -0.39 is 60.0 Å². The Balaban J connectivity index is -0.000000144. The number of nitrogens with one attached hydrogen (secondary N) is 1. The SMILES string of the molecule is CC(C)C(N)C(=O)O.CC(C)CC(N)C(=O)O.CC(N)C(=O)O.CCC(C)C(N)C(=O)O.NCC(=O)O.O=C(O)[C@@H]1CCCN1. The highest BCUT2D eigenvalue weighted by Crippen LogP contribution is 2.04. The molecule has 0 bridgehead atoms. The van der Waals surface area contributed by atoms with Gasteiger partial charge in [-0.1, -0.05) is 48.0 Å². The average Bonchev–Trinajstić information content (AvgIpc) is 3.48. The maximum absolute atomic E-state index is 10.2. The monoisotopic (exact) mass is 658 g/mol. The van der Waals surface area contributed by atoms with E-state index in [2.05, 4.69) is 11.1 Å². The first-order valence-electron chi connectivity index (χ1n) is 14.2. The van der Waals surface area contributed by atoms with Crippen LogP contribution in [-0.2, 0) is 28.8 Å². The number of nitrogens with two attached hydrogens (primary N) is 5. The summed E-state index contributed by atoms with van der Waals surface area (Å²) in [4.78, 5) is 59.3. The van der Waals surface area contributed by atoms with Gasteiger partial charge in [-0.15, -0.1) is 0 Å². The molecule has 0 saturated carbocycles. The number of hydrogen-bond donors (Lipinski definition) is 12. The molecule has 0 radical (unpaired) electrons. The van der Waals surface area contributed by atoms with Crippen molar-refractivity contribution < 1.29 is 59.4 Å². The molecule has 0 aromatic rings. The van der Waals surface area contributed by atoms with E-state index in [4.69, 9.17) is 53.6 Å². The largest absolute Gasteiger partial charge is 0.480 e. The molecule has 18 nitrogen and oxygen atoms in total. The molecule has 1 fully saturated rings. The Bertz CT molecular complexity index is 825. The zero-order valence-corrected chi connectivity index (χ0v) is 27.4. The molecule has 1 rings (SSSR count). The van der Waals surface area contributed by atoms with E-state index in [0.29, 0.717) is 12.3 Å². The summed E-state index contributed by atoms with van der Waals surface area (Å²) in [5.74, 6) is -4.96. The maximum atomic E-state index is 10.2. The molecule has 1 saturated heterocycles. The molecule has 6 atom stereocenters. The summed E-state index contributed by atoms with van der Waals surface area (Å²) in [7, 11) is 0. The van der Waals surface area contributed by atoms with Crippen LogP contribution in [0.4, 0.5) is 0 Å². The van der Waals surface area contributed by atoms with Crippen LogP contribution in [-0.4, -0.2) is 110 Å². The number of aliphatic carboxylic acids is 6. The standard InChI is InChI=1S/2C6H13NO2.C5H9NO2.C5H11NO2.C3H7NO2.C2H5NO2/c1-4(2)3-5(7)6(8)9;1-3-4(2)5(7)6(8)9;7-5(8)4-2-1-3-6-4;1-3(2)4(6)5(7)8;1-2(4)3(5)6;3-1-2(4)5/h2*4-5H,3,7H2,1-2H3,(H,8,9);4,6H,1-3H2,(H,7,8);3-4H,6H2,1-2H3,(H,7,8);2H,4H2,1H3,(H,5,6);1,3H2,(H,4,5)/t;;4-;;;/m..0.../s1. The lowest BCUT2D eigenvalue weighted by Crippen LogP contribution is -2.36. The highest BCUT2D eigenvalue weighted by molar-refractivity contribution is 5.74. The van der Waals surface area contributed by atoms with Crippen LogP contribution in [0.25, 0.3) is 0 Å². The first-order chi connectivity index (χ1) is 20.4. The molecule has 18 heteroatoms. The molecular weight excluding hydrogens is 600 g/mol. The summed E-state index contributed by atoms with van der Waals surface area (Å²) in [5.41, 5.74) is 25.1. The summed E-state index contributed by atoms with van der Waals surface area (Å²) in [6, 6.07) is -3.10. The van der Waals surface area contributed by atoms with Crippen molar-refractivity contribution >= 4 is 35.8 Å². The number of rotatable bonds is 11. The second kappa shape index (κ2) is 30.6. The first-order valence-corrected chi connectivity index (χ1v) is 14.2. The minimum absolute atomic E-state index is 0.0208. The Morgan fingerprint density at radius 3 is 1.22 bits per heavy atom. The first kappa shape index (κ1) is 51.2. The molecule has 268 valence electrons. The third kappa shape index (κ3) is 38.6. The van der Waals surface area contributed by atoms with Crippen LogP contribution < -0.4 is 34.0 Å². The van der Waals surface area contributed by atoms with Crippen molar-refractivity contribution in [2.24, 2.45) is 46.4 Å². The van der Waals surface area contributed by atoms with E-state index in [1.165, 1.54) is 6.92 Å². The van der Waals surface area contributed by atoms with Gasteiger partial charge in [0.1, 0.15) is 30.2 Å². The van der Waals surface area contributed by atoms with Gasteiger partial charge in [-0.3, -0.25) is 28.8 Å². The van der Waals surface area contributed by atoms with Gasteiger partial charge in [0.15, 0.2) is 0 Å². The normalized spacial score (nSPS) is 16.3. The van der Waals surface area contributed by atoms with Crippen molar-refractivity contribution in [3.63, 3.8) is 0 Å². The number of hydrogen-bond acceptors (Lipinski definition) is 12. The lowest BCUT2D eigenvalue weighted by molar-refractivity contribution is -0.140. The highest BCUT2D eigenvalue weighted by Gasteiger charge is 2.20. The number of carbonyl (C=O) groups is 6. The summed E-state index contributed by atoms with van der Waals surface area (Å²) >= 11 is 0. The summed E-state index contributed by atoms with van der Waals surface area (Å²) in [5, 5.41) is 51.6. The average molecular weight is 659 g/mol. The Morgan fingerprint density at radius 2 is 1.13 bits per heavy atom. The summed E-state index contributed by atoms with van der Waals surface area (Å²) in [6.07, 6.45) is 3.15. The van der Waals surface area contributed by atoms with Crippen molar-refractivity contribution in [2.45, 2.75) is 104 Å². The molecule has 5 unspecified atom stereocenters. The molecule has 0 aromatic carbocycles. The molecule has 1 aliphatic heterocycles. The Hall–Kier alpha value is -3.42. The molecule has 1 heterocycles. The molecular formula is C27H58N6O12. The topological polar surface area (TPSA) is 366 Å². The van der Waals surface area contributed by atoms with Crippen LogP contribution in [0, 0.1) is 17.8 Å². The van der Waals surface area contributed by atoms with Crippen molar-refractivity contribution in [1.82, 2.24) is 5.32 Å².